The highest BCUT2D eigenvalue weighted by Gasteiger charge is 2.33. The Morgan fingerprint density at radius 1 is 1.14 bits per heavy atom. The van der Waals surface area contributed by atoms with E-state index in [2.05, 4.69) is 0 Å². The summed E-state index contributed by atoms with van der Waals surface area (Å²) in [5.41, 5.74) is 0.497. The fraction of sp³-hybridized carbons (Fsp3) is 0.188. The number of nitriles is 1. The van der Waals surface area contributed by atoms with Crippen LogP contribution in [0.15, 0.2) is 36.4 Å². The van der Waals surface area contributed by atoms with E-state index in [-0.39, 0.29) is 11.1 Å². The second kappa shape index (κ2) is 5.49. The Hall–Kier alpha value is -2.48. The number of hydrogen-bond acceptors (Lipinski definition) is 2. The van der Waals surface area contributed by atoms with E-state index in [1.807, 2.05) is 6.07 Å². The molecule has 2 aromatic rings. The molecule has 2 rings (SSSR count). The van der Waals surface area contributed by atoms with E-state index in [0.29, 0.717) is 16.9 Å². The predicted molar refractivity (Wildman–Crippen MR) is 72.9 cm³/mol. The Morgan fingerprint density at radius 3 is 2.38 bits per heavy atom. The van der Waals surface area contributed by atoms with Crippen LogP contribution < -0.4 is 4.74 Å². The molecule has 0 spiro atoms. The molecule has 108 valence electrons. The summed E-state index contributed by atoms with van der Waals surface area (Å²) >= 11 is 0. The van der Waals surface area contributed by atoms with Crippen LogP contribution in [0, 0.1) is 18.3 Å². The Labute approximate surface area is 120 Å². The van der Waals surface area contributed by atoms with Gasteiger partial charge in [0.2, 0.25) is 0 Å². The topological polar surface area (TPSA) is 33.0 Å². The summed E-state index contributed by atoms with van der Waals surface area (Å²) in [6.07, 6.45) is -4.45. The third-order valence-corrected chi connectivity index (χ3v) is 3.14. The van der Waals surface area contributed by atoms with Crippen molar-refractivity contribution in [3.05, 3.63) is 53.1 Å². The first-order chi connectivity index (χ1) is 9.88. The van der Waals surface area contributed by atoms with Crippen molar-refractivity contribution in [1.82, 2.24) is 0 Å². The molecular weight excluding hydrogens is 279 g/mol. The molecule has 0 atom stereocenters. The zero-order valence-corrected chi connectivity index (χ0v) is 11.5. The molecule has 0 bridgehead atoms. The van der Waals surface area contributed by atoms with Crippen LogP contribution in [0.5, 0.6) is 5.75 Å². The number of nitrogens with zero attached hydrogens (tertiary/aromatic N) is 1. The number of alkyl halides is 3. The normalized spacial score (nSPS) is 11.0. The Balaban J connectivity index is 2.70. The maximum absolute atomic E-state index is 13.1. The molecular formula is C16H12F3NO. The van der Waals surface area contributed by atoms with Crippen molar-refractivity contribution in [3.63, 3.8) is 0 Å². The van der Waals surface area contributed by atoms with E-state index in [4.69, 9.17) is 10.00 Å². The number of halogens is 3. The van der Waals surface area contributed by atoms with Gasteiger partial charge in [-0.2, -0.15) is 18.4 Å². The standard InChI is InChI=1S/C16H12F3NO/c1-10-7-11(8-12(9-20)15(10)21-2)13-5-3-4-6-14(13)16(17,18)19/h3-8H,1-2H3. The number of benzene rings is 2. The Morgan fingerprint density at radius 2 is 1.81 bits per heavy atom. The third-order valence-electron chi connectivity index (χ3n) is 3.14. The van der Waals surface area contributed by atoms with Crippen molar-refractivity contribution in [2.24, 2.45) is 0 Å². The highest BCUT2D eigenvalue weighted by atomic mass is 19.4. The molecule has 0 saturated heterocycles. The summed E-state index contributed by atoms with van der Waals surface area (Å²) in [5.74, 6) is 0.380. The van der Waals surface area contributed by atoms with Gasteiger partial charge in [0.1, 0.15) is 11.8 Å². The maximum Gasteiger partial charge on any atom is 0.417 e. The molecule has 0 fully saturated rings. The second-order valence-electron chi connectivity index (χ2n) is 4.53. The summed E-state index contributed by atoms with van der Waals surface area (Å²) in [5, 5.41) is 9.12. The van der Waals surface area contributed by atoms with E-state index in [1.165, 1.54) is 31.4 Å². The number of methoxy groups -OCH3 is 1. The van der Waals surface area contributed by atoms with Gasteiger partial charge in [0, 0.05) is 0 Å². The summed E-state index contributed by atoms with van der Waals surface area (Å²) in [4.78, 5) is 0. The van der Waals surface area contributed by atoms with E-state index in [1.54, 1.807) is 13.0 Å². The van der Waals surface area contributed by atoms with Crippen molar-refractivity contribution in [2.45, 2.75) is 13.1 Å². The lowest BCUT2D eigenvalue weighted by Crippen LogP contribution is -2.07. The first kappa shape index (κ1) is 14.9. The van der Waals surface area contributed by atoms with Crippen LogP contribution in [0.2, 0.25) is 0 Å². The molecule has 0 aromatic heterocycles. The van der Waals surface area contributed by atoms with Crippen molar-refractivity contribution in [1.29, 1.82) is 5.26 Å². The van der Waals surface area contributed by atoms with Crippen LogP contribution in [0.25, 0.3) is 11.1 Å². The molecule has 2 aromatic carbocycles. The number of ether oxygens (including phenoxy) is 1. The third kappa shape index (κ3) is 2.84. The minimum atomic E-state index is -4.45. The fourth-order valence-electron chi connectivity index (χ4n) is 2.27. The molecule has 0 heterocycles. The molecule has 0 aliphatic carbocycles. The molecule has 0 saturated carbocycles. The Kier molecular flexibility index (Phi) is 3.90. The van der Waals surface area contributed by atoms with Crippen LogP contribution in [-0.2, 0) is 6.18 Å². The average molecular weight is 291 g/mol. The van der Waals surface area contributed by atoms with Gasteiger partial charge in [-0.05, 0) is 41.8 Å². The maximum atomic E-state index is 13.1. The smallest absolute Gasteiger partial charge is 0.417 e. The van der Waals surface area contributed by atoms with Crippen molar-refractivity contribution in [2.75, 3.05) is 7.11 Å². The molecule has 0 aliphatic heterocycles. The molecule has 0 aliphatic rings. The quantitative estimate of drug-likeness (QED) is 0.812. The van der Waals surface area contributed by atoms with Crippen LogP contribution in [0.4, 0.5) is 13.2 Å². The van der Waals surface area contributed by atoms with Gasteiger partial charge in [0.05, 0.1) is 18.2 Å². The molecule has 5 heteroatoms. The average Bonchev–Trinajstić information content (AvgIpc) is 2.45. The molecule has 0 unspecified atom stereocenters. The highest BCUT2D eigenvalue weighted by Crippen LogP contribution is 2.38. The molecule has 0 amide bonds. The van der Waals surface area contributed by atoms with E-state index in [9.17, 15) is 13.2 Å². The first-order valence-corrected chi connectivity index (χ1v) is 6.13. The van der Waals surface area contributed by atoms with Gasteiger partial charge in [-0.1, -0.05) is 18.2 Å². The minimum Gasteiger partial charge on any atom is -0.495 e. The van der Waals surface area contributed by atoms with Crippen LogP contribution >= 0.6 is 0 Å². The van der Waals surface area contributed by atoms with Crippen molar-refractivity contribution in [3.8, 4) is 22.9 Å². The predicted octanol–water partition coefficient (Wildman–Crippen LogP) is 4.56. The van der Waals surface area contributed by atoms with Crippen molar-refractivity contribution >= 4 is 0 Å². The van der Waals surface area contributed by atoms with Crippen molar-refractivity contribution < 1.29 is 17.9 Å². The molecule has 0 radical (unpaired) electrons. The van der Waals surface area contributed by atoms with E-state index < -0.39 is 11.7 Å². The lowest BCUT2D eigenvalue weighted by Gasteiger charge is -2.15. The lowest BCUT2D eigenvalue weighted by atomic mass is 9.95. The van der Waals surface area contributed by atoms with Gasteiger partial charge in [0.25, 0.3) is 0 Å². The van der Waals surface area contributed by atoms with Gasteiger partial charge < -0.3 is 4.74 Å². The van der Waals surface area contributed by atoms with E-state index >= 15 is 0 Å². The van der Waals surface area contributed by atoms with Gasteiger partial charge in [-0.25, -0.2) is 0 Å². The number of aryl methyl sites for hydroxylation is 1. The minimum absolute atomic E-state index is 0.0484. The first-order valence-electron chi connectivity index (χ1n) is 6.13. The van der Waals surface area contributed by atoms with Gasteiger partial charge in [0.15, 0.2) is 0 Å². The SMILES string of the molecule is COc1c(C)cc(-c2ccccc2C(F)(F)F)cc1C#N. The van der Waals surface area contributed by atoms with Crippen LogP contribution in [0.1, 0.15) is 16.7 Å². The summed E-state index contributed by atoms with van der Waals surface area (Å²) in [7, 11) is 1.42. The fourth-order valence-corrected chi connectivity index (χ4v) is 2.27. The molecule has 2 nitrogen and oxygen atoms in total. The Bertz CT molecular complexity index is 714. The largest absolute Gasteiger partial charge is 0.495 e. The lowest BCUT2D eigenvalue weighted by molar-refractivity contribution is -0.137. The van der Waals surface area contributed by atoms with Gasteiger partial charge >= 0.3 is 6.18 Å². The molecule has 21 heavy (non-hydrogen) atoms. The van der Waals surface area contributed by atoms with Crippen LogP contribution in [-0.4, -0.2) is 7.11 Å². The molecule has 0 N–H and O–H groups in total. The second-order valence-corrected chi connectivity index (χ2v) is 4.53. The zero-order valence-electron chi connectivity index (χ0n) is 11.5. The zero-order chi connectivity index (χ0) is 15.6. The highest BCUT2D eigenvalue weighted by molar-refractivity contribution is 5.72. The van der Waals surface area contributed by atoms with Gasteiger partial charge in [-0.15, -0.1) is 0 Å². The number of rotatable bonds is 2. The summed E-state index contributed by atoms with van der Waals surface area (Å²) in [6, 6.07) is 10.3. The summed E-state index contributed by atoms with van der Waals surface area (Å²) in [6.45, 7) is 1.69. The summed E-state index contributed by atoms with van der Waals surface area (Å²) < 4.78 is 44.3. The van der Waals surface area contributed by atoms with Gasteiger partial charge in [-0.3, -0.25) is 0 Å². The van der Waals surface area contributed by atoms with E-state index in [0.717, 1.165) is 6.07 Å². The van der Waals surface area contributed by atoms with Crippen LogP contribution in [0.3, 0.4) is 0 Å². The monoisotopic (exact) mass is 291 g/mol. The number of hydrogen-bond donors (Lipinski definition) is 0.